The molecule has 10 heterocycles. The number of aliphatic hydroxyl groups is 26. The third-order valence-electron chi connectivity index (χ3n) is 24.0. The molecule has 10 rings (SSSR count). The summed E-state index contributed by atoms with van der Waals surface area (Å²) in [6.45, 7) is -5.27. The smallest absolute Gasteiger partial charge is 0.397 e. The van der Waals surface area contributed by atoms with Crippen LogP contribution in [0.5, 0.6) is 0 Å². The molecule has 1 unspecified atom stereocenters. The number of hydrogen-bond acceptors (Lipinski definition) is 54. The first-order chi connectivity index (χ1) is 63.3. The van der Waals surface area contributed by atoms with Gasteiger partial charge in [0.1, 0.15) is 232 Å². The van der Waals surface area contributed by atoms with Crippen molar-refractivity contribution in [1.82, 2.24) is 26.6 Å². The monoisotopic (exact) mass is 2000 g/mol. The zero-order valence-electron chi connectivity index (χ0n) is 72.3. The Bertz CT molecular complexity index is 3950. The van der Waals surface area contributed by atoms with E-state index < -0.39 is 424 Å². The van der Waals surface area contributed by atoms with Crippen LogP contribution in [0.3, 0.4) is 0 Å². The number of amides is 5. The zero-order valence-corrected chi connectivity index (χ0v) is 73.1. The maximum Gasteiger partial charge on any atom is 0.397 e. The fourth-order valence-corrected chi connectivity index (χ4v) is 17.2. The van der Waals surface area contributed by atoms with Crippen LogP contribution in [0, 0.1) is 0 Å². The molecular formula is C73H121N5O56S. The molecule has 5 amide bonds. The first kappa shape index (κ1) is 112. The largest absolute Gasteiger partial charge is 0.477 e. The number of nitrogens with one attached hydrogen (secondary N) is 5. The molecule has 135 heavy (non-hydrogen) atoms. The molecule has 10 aliphatic rings. The number of carbonyl (C=O) groups excluding carboxylic acids is 5. The van der Waals surface area contributed by atoms with Crippen molar-refractivity contribution in [2.45, 2.75) is 360 Å². The molecule has 0 aromatic carbocycles. The van der Waals surface area contributed by atoms with E-state index >= 15 is 0 Å². The van der Waals surface area contributed by atoms with Gasteiger partial charge >= 0.3 is 16.4 Å². The number of ether oxygens (including phenoxy) is 19. The quantitative estimate of drug-likeness (QED) is 0.0257. The van der Waals surface area contributed by atoms with Crippen LogP contribution in [0.15, 0.2) is 0 Å². The van der Waals surface area contributed by atoms with Crippen LogP contribution >= 0.6 is 0 Å². The maximum atomic E-state index is 13.3. The van der Waals surface area contributed by atoms with Crippen molar-refractivity contribution in [1.29, 1.82) is 0 Å². The molecule has 0 spiro atoms. The highest BCUT2D eigenvalue weighted by atomic mass is 32.3. The number of rotatable bonds is 37. The van der Waals surface area contributed by atoms with Crippen molar-refractivity contribution in [3.8, 4) is 0 Å². The average Bonchev–Trinajstić information content (AvgIpc) is 0.761. The highest BCUT2D eigenvalue weighted by molar-refractivity contribution is 7.80. The second-order valence-electron chi connectivity index (χ2n) is 33.7. The van der Waals surface area contributed by atoms with Crippen molar-refractivity contribution >= 4 is 45.9 Å². The van der Waals surface area contributed by atoms with Gasteiger partial charge in [-0.1, -0.05) is 0 Å². The molecule has 780 valence electrons. The van der Waals surface area contributed by atoms with E-state index in [9.17, 15) is 180 Å². The molecule has 10 fully saturated rings. The summed E-state index contributed by atoms with van der Waals surface area (Å²) in [6.07, 6.45) is -101. The van der Waals surface area contributed by atoms with Crippen LogP contribution in [0.25, 0.3) is 0 Å². The van der Waals surface area contributed by atoms with E-state index in [1.807, 2.05) is 0 Å². The van der Waals surface area contributed by atoms with Crippen LogP contribution in [-0.2, 0) is 133 Å². The van der Waals surface area contributed by atoms with Gasteiger partial charge in [0, 0.05) is 41.0 Å². The Balaban J connectivity index is 0.985. The summed E-state index contributed by atoms with van der Waals surface area (Å²) in [7, 11) is -5.68. The molecule has 0 saturated carbocycles. The fourth-order valence-electron chi connectivity index (χ4n) is 16.9. The van der Waals surface area contributed by atoms with Gasteiger partial charge in [0.05, 0.1) is 77.7 Å². The van der Waals surface area contributed by atoms with Crippen molar-refractivity contribution in [2.75, 3.05) is 59.5 Å². The molecule has 62 heteroatoms. The lowest BCUT2D eigenvalue weighted by Gasteiger charge is -2.51. The van der Waals surface area contributed by atoms with E-state index in [0.717, 1.165) is 34.6 Å². The van der Waals surface area contributed by atoms with E-state index in [-0.39, 0.29) is 0 Å². The Labute approximate surface area is 763 Å². The molecule has 0 aromatic rings. The second-order valence-corrected chi connectivity index (χ2v) is 34.8. The molecule has 0 bridgehead atoms. The third-order valence-corrected chi connectivity index (χ3v) is 24.4. The van der Waals surface area contributed by atoms with Crippen LogP contribution in [-0.4, -0.2) is 558 Å². The number of carbonyl (C=O) groups is 6. The van der Waals surface area contributed by atoms with Crippen molar-refractivity contribution < 1.29 is 274 Å². The molecule has 0 radical (unpaired) electrons. The lowest BCUT2D eigenvalue weighted by molar-refractivity contribution is -0.399. The summed E-state index contributed by atoms with van der Waals surface area (Å²) in [4.78, 5) is 77.0. The van der Waals surface area contributed by atoms with Gasteiger partial charge in [-0.15, -0.1) is 0 Å². The molecule has 51 atom stereocenters. The number of carboxylic acids is 1. The number of aliphatic hydroxyl groups excluding tert-OH is 26. The maximum absolute atomic E-state index is 13.3. The number of carboxylic acid groups (broad SMARTS) is 1. The van der Waals surface area contributed by atoms with Crippen LogP contribution in [0.2, 0.25) is 0 Å². The minimum absolute atomic E-state index is 0.789. The summed E-state index contributed by atoms with van der Waals surface area (Å²) < 4.78 is 152. The highest BCUT2D eigenvalue weighted by Gasteiger charge is 2.63. The first-order valence-electron chi connectivity index (χ1n) is 42.3. The Kier molecular flexibility index (Phi) is 39.7. The zero-order chi connectivity index (χ0) is 100. The van der Waals surface area contributed by atoms with E-state index in [4.69, 9.17) is 90.0 Å². The Hall–Kier alpha value is -5.11. The van der Waals surface area contributed by atoms with Crippen molar-refractivity contribution in [3.05, 3.63) is 0 Å². The topological polar surface area (TPSA) is 948 Å². The highest BCUT2D eigenvalue weighted by Crippen LogP contribution is 2.42. The van der Waals surface area contributed by atoms with E-state index in [1.165, 1.54) is 6.92 Å². The fraction of sp³-hybridized carbons (Fsp3) is 0.918. The predicted molar refractivity (Wildman–Crippen MR) is 414 cm³/mol. The molecule has 10 saturated heterocycles. The van der Waals surface area contributed by atoms with Gasteiger partial charge in [-0.05, 0) is 6.92 Å². The van der Waals surface area contributed by atoms with Gasteiger partial charge in [0.25, 0.3) is 5.79 Å². The number of aliphatic carboxylic acids is 1. The minimum atomic E-state index is -5.68. The molecule has 0 aromatic heterocycles. The molecule has 0 aliphatic carbocycles. The van der Waals surface area contributed by atoms with Gasteiger partial charge in [0.2, 0.25) is 29.5 Å². The van der Waals surface area contributed by atoms with Crippen LogP contribution in [0.4, 0.5) is 0 Å². The lowest BCUT2D eigenvalue weighted by Crippen LogP contribution is -2.71. The first-order valence-corrected chi connectivity index (χ1v) is 43.6. The summed E-state index contributed by atoms with van der Waals surface area (Å²) in [6, 6.07) is -9.71. The predicted octanol–water partition coefficient (Wildman–Crippen LogP) is -22.0. The summed E-state index contributed by atoms with van der Waals surface area (Å²) in [5.74, 6) is -10.1. The van der Waals surface area contributed by atoms with Crippen molar-refractivity contribution in [2.24, 2.45) is 0 Å². The van der Waals surface area contributed by atoms with Crippen LogP contribution in [0.1, 0.15) is 48.0 Å². The Morgan fingerprint density at radius 3 is 1.21 bits per heavy atom. The van der Waals surface area contributed by atoms with E-state index in [1.54, 1.807) is 0 Å². The Morgan fingerprint density at radius 1 is 0.356 bits per heavy atom. The average molecular weight is 2000 g/mol. The normalized spacial score (nSPS) is 46.6. The summed E-state index contributed by atoms with van der Waals surface area (Å²) in [5, 5.41) is 315. The third kappa shape index (κ3) is 25.9. The lowest BCUT2D eigenvalue weighted by atomic mass is 9.88. The molecular weight excluding hydrogens is 1870 g/mol. The van der Waals surface area contributed by atoms with Gasteiger partial charge < -0.3 is 254 Å². The Morgan fingerprint density at radius 2 is 0.719 bits per heavy atom. The van der Waals surface area contributed by atoms with Gasteiger partial charge in [-0.25, -0.2) is 8.98 Å². The number of hydrogen-bond donors (Lipinski definition) is 33. The molecule has 61 nitrogen and oxygen atoms in total. The van der Waals surface area contributed by atoms with E-state index in [0.29, 0.717) is 0 Å². The summed E-state index contributed by atoms with van der Waals surface area (Å²) >= 11 is 0. The SMILES string of the molecule is CC(=O)N[C@H]1[C@H](O[C@H]2[C@H](O)[C@@H](NC(C)=O)C(O)O[C@@H]2CO[C@@H]2O[C@@H](C)[C@@H](O)[C@@H](O)[C@@H]2O)O[C@H](CO)[C@@H](O[C@@H]2O[C@H](CO[C@H]3O[C@H](CO)[C@@H](O)[C@H](O)[C@@H]3O[C@@H]3O[C@H](CO)[C@@H](O)[C@H](O)[C@H]3NC(C)=O)[C@@H](O)[C@H](O[C@H]3O[C@H](CO)[C@@H](O)[C@H](O)[C@@H]3O[C@@H]3O[C@H](COS(=O)(=O)O)[C@@H](O[C@@H]4O[C@H](CO[C@]5(C(=O)O)C[C@H](O)[C@@H](NC(C)=O)[C@H]([C@H](O)[C@H](O)CO)O5)[C@H](O)[C@H](O)[C@H]4O)[C@H](O)[C@H]3NC(C)=O)[C@@H]2O)[C@@H]1O. The van der Waals surface area contributed by atoms with Gasteiger partial charge in [0.15, 0.2) is 56.6 Å². The van der Waals surface area contributed by atoms with Gasteiger partial charge in [-0.2, -0.15) is 8.42 Å². The molecule has 33 N–H and O–H groups in total. The summed E-state index contributed by atoms with van der Waals surface area (Å²) in [5.41, 5.74) is 0. The second kappa shape index (κ2) is 47.9. The van der Waals surface area contributed by atoms with Gasteiger partial charge in [-0.3, -0.25) is 28.5 Å². The van der Waals surface area contributed by atoms with Crippen molar-refractivity contribution in [3.63, 3.8) is 0 Å². The minimum Gasteiger partial charge on any atom is -0.477 e. The van der Waals surface area contributed by atoms with E-state index in [2.05, 4.69) is 30.8 Å². The molecule has 10 aliphatic heterocycles. The van der Waals surface area contributed by atoms with Crippen LogP contribution < -0.4 is 26.6 Å². The standard InChI is InChI=1S/C73H121N5O56S/c1-17-38(91)49(102)53(106)67(119-17)115-14-31-57(46(99)34(63(109)120-31)75-19(3)85)128-65-36(77-21(5)87)47(100)56(28(12-83)124-65)129-69-55(108)60(44(97)29(125-69)13-116-70-61(51(104)41(94)26(10-81)122-70)132-64-35(76-20(4)86)45(98)40(93)25(9-80)121-64)131-71-62(52(105)42(95)27(11-82)123-71)133-66-37(78-22(6)88)48(101)58(32(127-66)16-118-135(112,113)114)130-68-54(107)50(103)43(96)30(126-68)15-117-73(72(110)111)7-23(89)33(74-18(2)84)59(134-73)39(92)24(90)8-79/h17,23-71,79-83,89-109H,7-16H2,1-6H3,(H,74,84)(H,75,85)(H,76,86)(H,77,87)(H,78,88)(H,110,111)(H,112,113,114)/t17-,23-,24+,25+,26+,27+,28+,29+,30+,31+,32+,33+,34+,35+,36+,37+,38+,39+,40+,41+,42+,43-,44+,45+,46+,47+,48+,49+,50-,51-,52-,53-,54+,55-,56+,57+,58+,59+,60-,61-,62-,63?,64-,65-,66-,67+,68-,69-,70-,71+,73+/m0/s1.